The topological polar surface area (TPSA) is 59.8 Å². The van der Waals surface area contributed by atoms with Crippen LogP contribution in [0.15, 0.2) is 48.4 Å². The molecule has 0 spiro atoms. The van der Waals surface area contributed by atoms with Crippen LogP contribution in [0.25, 0.3) is 0 Å². The van der Waals surface area contributed by atoms with E-state index in [1.807, 2.05) is 17.5 Å². The fourth-order valence-electron chi connectivity index (χ4n) is 2.82. The molecular formula is C18H18N4OS. The van der Waals surface area contributed by atoms with Crippen molar-refractivity contribution < 1.29 is 4.79 Å². The molecule has 1 amide bonds. The van der Waals surface area contributed by atoms with E-state index in [0.29, 0.717) is 19.0 Å². The predicted molar refractivity (Wildman–Crippen MR) is 93.0 cm³/mol. The highest BCUT2D eigenvalue weighted by molar-refractivity contribution is 7.12. The van der Waals surface area contributed by atoms with Crippen LogP contribution in [0.2, 0.25) is 0 Å². The van der Waals surface area contributed by atoms with Crippen molar-refractivity contribution >= 4 is 17.2 Å². The third kappa shape index (κ3) is 3.38. The molecule has 0 aliphatic heterocycles. The molecule has 0 bridgehead atoms. The molecule has 24 heavy (non-hydrogen) atoms. The molecule has 1 aromatic carbocycles. The van der Waals surface area contributed by atoms with E-state index in [9.17, 15) is 4.79 Å². The van der Waals surface area contributed by atoms with Crippen molar-refractivity contribution in [3.63, 3.8) is 0 Å². The molecule has 0 radical (unpaired) electrons. The van der Waals surface area contributed by atoms with Gasteiger partial charge in [0.2, 0.25) is 0 Å². The average molecular weight is 338 g/mol. The maximum absolute atomic E-state index is 12.5. The summed E-state index contributed by atoms with van der Waals surface area (Å²) in [4.78, 5) is 17.3. The van der Waals surface area contributed by atoms with Crippen LogP contribution in [-0.4, -0.2) is 20.7 Å². The highest BCUT2D eigenvalue weighted by atomic mass is 32.1. The Morgan fingerprint density at radius 1 is 1.29 bits per heavy atom. The van der Waals surface area contributed by atoms with Crippen LogP contribution in [0.3, 0.4) is 0 Å². The Balaban J connectivity index is 1.40. The maximum Gasteiger partial charge on any atom is 0.261 e. The first-order valence-electron chi connectivity index (χ1n) is 8.05. The molecular weight excluding hydrogens is 320 g/mol. The number of carbonyl (C=O) groups excluding carboxylic acids is 1. The lowest BCUT2D eigenvalue weighted by Gasteiger charge is -2.08. The number of amides is 1. The number of rotatable bonds is 6. The van der Waals surface area contributed by atoms with Gasteiger partial charge in [-0.05, 0) is 46.9 Å². The Hall–Kier alpha value is -2.47. The largest absolute Gasteiger partial charge is 0.347 e. The molecule has 0 atom stereocenters. The zero-order valence-corrected chi connectivity index (χ0v) is 14.0. The molecule has 4 rings (SSSR count). The van der Waals surface area contributed by atoms with Crippen LogP contribution in [0.4, 0.5) is 0 Å². The third-order valence-corrected chi connectivity index (χ3v) is 5.10. The summed E-state index contributed by atoms with van der Waals surface area (Å²) in [7, 11) is 0. The van der Waals surface area contributed by atoms with Gasteiger partial charge in [-0.15, -0.1) is 11.3 Å². The van der Waals surface area contributed by atoms with E-state index in [1.54, 1.807) is 11.0 Å². The Morgan fingerprint density at radius 2 is 2.17 bits per heavy atom. The summed E-state index contributed by atoms with van der Waals surface area (Å²) in [5.74, 6) is 0.636. The number of nitrogens with zero attached hydrogens (tertiary/aromatic N) is 3. The van der Waals surface area contributed by atoms with Crippen LogP contribution in [0, 0.1) is 0 Å². The summed E-state index contributed by atoms with van der Waals surface area (Å²) < 4.78 is 1.78. The van der Waals surface area contributed by atoms with E-state index >= 15 is 0 Å². The minimum Gasteiger partial charge on any atom is -0.347 e. The molecule has 1 N–H and O–H groups in total. The normalized spacial score (nSPS) is 13.8. The van der Waals surface area contributed by atoms with Gasteiger partial charge in [-0.2, -0.15) is 5.10 Å². The van der Waals surface area contributed by atoms with Gasteiger partial charge >= 0.3 is 0 Å². The summed E-state index contributed by atoms with van der Waals surface area (Å²) in [6.45, 7) is 1.21. The molecule has 2 heterocycles. The van der Waals surface area contributed by atoms with Crippen molar-refractivity contribution in [2.45, 2.75) is 31.8 Å². The highest BCUT2D eigenvalue weighted by Crippen LogP contribution is 2.43. The molecule has 1 aliphatic rings. The number of hydrogen-bond acceptors (Lipinski definition) is 4. The number of hydrogen-bond donors (Lipinski definition) is 1. The van der Waals surface area contributed by atoms with Gasteiger partial charge in [-0.25, -0.2) is 9.67 Å². The molecule has 2 aromatic heterocycles. The molecule has 0 unspecified atom stereocenters. The molecule has 0 saturated heterocycles. The SMILES string of the molecule is O=C(NCc1cccc(Cn2cncn2)c1)c1sccc1C1CC1. The first-order chi connectivity index (χ1) is 11.8. The van der Waals surface area contributed by atoms with E-state index in [2.05, 4.69) is 33.6 Å². The molecule has 5 nitrogen and oxygen atoms in total. The summed E-state index contributed by atoms with van der Waals surface area (Å²) in [6.07, 6.45) is 5.65. The van der Waals surface area contributed by atoms with Crippen molar-refractivity contribution in [1.82, 2.24) is 20.1 Å². The van der Waals surface area contributed by atoms with Gasteiger partial charge in [0.25, 0.3) is 5.91 Å². The van der Waals surface area contributed by atoms with Gasteiger partial charge < -0.3 is 5.32 Å². The minimum atomic E-state index is 0.0357. The van der Waals surface area contributed by atoms with Gasteiger partial charge in [-0.3, -0.25) is 4.79 Å². The zero-order chi connectivity index (χ0) is 16.4. The van der Waals surface area contributed by atoms with Crippen molar-refractivity contribution in [2.75, 3.05) is 0 Å². The fraction of sp³-hybridized carbons (Fsp3) is 0.278. The second-order valence-electron chi connectivity index (χ2n) is 6.08. The monoisotopic (exact) mass is 338 g/mol. The van der Waals surface area contributed by atoms with Gasteiger partial charge in [-0.1, -0.05) is 24.3 Å². The van der Waals surface area contributed by atoms with Crippen molar-refractivity contribution in [3.8, 4) is 0 Å². The Morgan fingerprint density at radius 3 is 2.96 bits per heavy atom. The number of thiophene rings is 1. The summed E-state index contributed by atoms with van der Waals surface area (Å²) in [6, 6.07) is 10.3. The second-order valence-corrected chi connectivity index (χ2v) is 6.99. The Labute approximate surface area is 144 Å². The number of aromatic nitrogens is 3. The highest BCUT2D eigenvalue weighted by Gasteiger charge is 2.28. The van der Waals surface area contributed by atoms with E-state index in [1.165, 1.54) is 36.1 Å². The maximum atomic E-state index is 12.5. The first kappa shape index (κ1) is 15.1. The third-order valence-electron chi connectivity index (χ3n) is 4.17. The standard InChI is InChI=1S/C18H18N4OS/c23-18(17-16(6-7-24-17)15-4-5-15)20-9-13-2-1-3-14(8-13)10-22-12-19-11-21-22/h1-3,6-8,11-12,15H,4-5,9-10H2,(H,20,23). The van der Waals surface area contributed by atoms with Crippen LogP contribution in [-0.2, 0) is 13.1 Å². The second kappa shape index (κ2) is 6.57. The number of carbonyl (C=O) groups is 1. The van der Waals surface area contributed by atoms with Crippen LogP contribution < -0.4 is 5.32 Å². The smallest absolute Gasteiger partial charge is 0.261 e. The van der Waals surface area contributed by atoms with E-state index < -0.39 is 0 Å². The van der Waals surface area contributed by atoms with Gasteiger partial charge in [0.05, 0.1) is 11.4 Å². The van der Waals surface area contributed by atoms with Crippen molar-refractivity contribution in [2.24, 2.45) is 0 Å². The van der Waals surface area contributed by atoms with Crippen LogP contribution in [0.5, 0.6) is 0 Å². The predicted octanol–water partition coefficient (Wildman–Crippen LogP) is 3.20. The molecule has 1 fully saturated rings. The first-order valence-corrected chi connectivity index (χ1v) is 8.93. The Bertz CT molecular complexity index is 836. The van der Waals surface area contributed by atoms with Gasteiger partial charge in [0.15, 0.2) is 0 Å². The van der Waals surface area contributed by atoms with Crippen molar-refractivity contribution in [3.05, 3.63) is 69.9 Å². The summed E-state index contributed by atoms with van der Waals surface area (Å²) in [5.41, 5.74) is 3.45. The summed E-state index contributed by atoms with van der Waals surface area (Å²) >= 11 is 1.54. The van der Waals surface area contributed by atoms with Crippen molar-refractivity contribution in [1.29, 1.82) is 0 Å². The summed E-state index contributed by atoms with van der Waals surface area (Å²) in [5, 5.41) is 9.18. The molecule has 1 saturated carbocycles. The van der Waals surface area contributed by atoms with E-state index in [0.717, 1.165) is 16.0 Å². The number of benzene rings is 1. The Kier molecular flexibility index (Phi) is 4.13. The quantitative estimate of drug-likeness (QED) is 0.751. The zero-order valence-electron chi connectivity index (χ0n) is 13.2. The number of nitrogens with one attached hydrogen (secondary N) is 1. The lowest BCUT2D eigenvalue weighted by atomic mass is 10.1. The van der Waals surface area contributed by atoms with Crippen LogP contribution in [0.1, 0.15) is 45.1 Å². The van der Waals surface area contributed by atoms with E-state index in [-0.39, 0.29) is 5.91 Å². The average Bonchev–Trinajstić information content (AvgIpc) is 3.10. The molecule has 1 aliphatic carbocycles. The molecule has 3 aromatic rings. The van der Waals surface area contributed by atoms with Crippen LogP contribution >= 0.6 is 11.3 Å². The molecule has 122 valence electrons. The van der Waals surface area contributed by atoms with Gasteiger partial charge in [0, 0.05) is 6.54 Å². The lowest BCUT2D eigenvalue weighted by Crippen LogP contribution is -2.22. The molecule has 6 heteroatoms. The van der Waals surface area contributed by atoms with Gasteiger partial charge in [0.1, 0.15) is 12.7 Å². The fourth-order valence-corrected chi connectivity index (χ4v) is 3.72. The lowest BCUT2D eigenvalue weighted by molar-refractivity contribution is 0.0954. The minimum absolute atomic E-state index is 0.0357. The van der Waals surface area contributed by atoms with E-state index in [4.69, 9.17) is 0 Å².